The second kappa shape index (κ2) is 6.58. The van der Waals surface area contributed by atoms with Gasteiger partial charge in [-0.2, -0.15) is 13.2 Å². The molecule has 140 valence electrons. The molecule has 0 aliphatic rings. The molecule has 0 aliphatic heterocycles. The van der Waals surface area contributed by atoms with Gasteiger partial charge in [-0.25, -0.2) is 9.78 Å². The van der Waals surface area contributed by atoms with E-state index in [0.717, 1.165) is 16.7 Å². The van der Waals surface area contributed by atoms with Crippen LogP contribution in [0.4, 0.5) is 18.9 Å². The Labute approximate surface area is 155 Å². The Morgan fingerprint density at radius 2 is 1.85 bits per heavy atom. The van der Waals surface area contributed by atoms with Gasteiger partial charge in [-0.1, -0.05) is 11.6 Å². The first-order chi connectivity index (χ1) is 12.6. The van der Waals surface area contributed by atoms with Crippen molar-refractivity contribution in [2.75, 3.05) is 5.32 Å². The first-order valence-electron chi connectivity index (χ1n) is 7.48. The van der Waals surface area contributed by atoms with Crippen molar-refractivity contribution >= 4 is 34.8 Å². The zero-order valence-corrected chi connectivity index (χ0v) is 14.4. The number of halogens is 4. The quantitative estimate of drug-likeness (QED) is 0.691. The van der Waals surface area contributed by atoms with E-state index in [1.54, 1.807) is 0 Å². The predicted octanol–water partition coefficient (Wildman–Crippen LogP) is 4.27. The smallest absolute Gasteiger partial charge is 0.417 e. The minimum atomic E-state index is -4.64. The number of pyridine rings is 1. The lowest BCUT2D eigenvalue weighted by Gasteiger charge is -2.10. The Kier molecular flexibility index (Phi) is 4.56. The van der Waals surface area contributed by atoms with E-state index in [0.29, 0.717) is 0 Å². The first-order valence-corrected chi connectivity index (χ1v) is 7.86. The van der Waals surface area contributed by atoms with Crippen molar-refractivity contribution in [1.82, 2.24) is 9.38 Å². The van der Waals surface area contributed by atoms with Crippen molar-refractivity contribution in [2.24, 2.45) is 0 Å². The van der Waals surface area contributed by atoms with E-state index >= 15 is 0 Å². The predicted molar refractivity (Wildman–Crippen MR) is 91.3 cm³/mol. The van der Waals surface area contributed by atoms with Crippen LogP contribution in [0.5, 0.6) is 0 Å². The summed E-state index contributed by atoms with van der Waals surface area (Å²) < 4.78 is 40.1. The number of anilines is 1. The third-order valence-electron chi connectivity index (χ3n) is 3.78. The third-order valence-corrected chi connectivity index (χ3v) is 4.06. The summed E-state index contributed by atoms with van der Waals surface area (Å²) >= 11 is 5.89. The van der Waals surface area contributed by atoms with Crippen molar-refractivity contribution in [1.29, 1.82) is 0 Å². The number of carbonyl (C=O) groups is 2. The summed E-state index contributed by atoms with van der Waals surface area (Å²) in [5.74, 6) is -1.83. The lowest BCUT2D eigenvalue weighted by molar-refractivity contribution is -0.137. The van der Waals surface area contributed by atoms with E-state index in [2.05, 4.69) is 10.3 Å². The Hall–Kier alpha value is -3.07. The molecule has 0 bridgehead atoms. The minimum absolute atomic E-state index is 0.0218. The number of alkyl halides is 3. The van der Waals surface area contributed by atoms with E-state index in [1.807, 2.05) is 0 Å². The minimum Gasteiger partial charge on any atom is -0.478 e. The number of hydrogen-bond donors (Lipinski definition) is 2. The molecule has 0 atom stereocenters. The van der Waals surface area contributed by atoms with Gasteiger partial charge < -0.3 is 10.4 Å². The second-order valence-corrected chi connectivity index (χ2v) is 6.06. The number of aromatic carboxylic acids is 1. The molecule has 3 rings (SSSR count). The Bertz CT molecular complexity index is 1060. The standard InChI is InChI=1S/C17H11ClF3N3O3/c1-8-13(15(25)23-11-4-2-9(3-5-11)16(26)27)24-7-10(17(19,20)21)6-12(18)14(24)22-8/h2-7H,1H3,(H,23,25)(H,26,27). The Morgan fingerprint density at radius 1 is 1.22 bits per heavy atom. The zero-order chi connectivity index (χ0) is 19.9. The SMILES string of the molecule is Cc1nc2c(Cl)cc(C(F)(F)F)cn2c1C(=O)Nc1ccc(C(=O)O)cc1. The van der Waals surface area contributed by atoms with Gasteiger partial charge in [0.2, 0.25) is 0 Å². The highest BCUT2D eigenvalue weighted by Crippen LogP contribution is 2.33. The number of imidazole rings is 1. The number of aryl methyl sites for hydroxylation is 1. The van der Waals surface area contributed by atoms with E-state index in [4.69, 9.17) is 16.7 Å². The number of fused-ring (bicyclic) bond motifs is 1. The monoisotopic (exact) mass is 397 g/mol. The summed E-state index contributed by atoms with van der Waals surface area (Å²) in [6.45, 7) is 1.47. The second-order valence-electron chi connectivity index (χ2n) is 5.65. The fraction of sp³-hybridized carbons (Fsp3) is 0.118. The summed E-state index contributed by atoms with van der Waals surface area (Å²) in [5, 5.41) is 11.1. The number of aromatic nitrogens is 2. The molecule has 0 aliphatic carbocycles. The lowest BCUT2D eigenvalue weighted by atomic mass is 10.2. The Balaban J connectivity index is 2.02. The number of benzene rings is 1. The number of nitrogens with one attached hydrogen (secondary N) is 1. The summed E-state index contributed by atoms with van der Waals surface area (Å²) in [4.78, 5) is 27.5. The summed E-state index contributed by atoms with van der Waals surface area (Å²) in [6.07, 6.45) is -3.89. The van der Waals surface area contributed by atoms with Gasteiger partial charge in [0.15, 0.2) is 5.65 Å². The molecular formula is C17H11ClF3N3O3. The van der Waals surface area contributed by atoms with Crippen LogP contribution in [0.2, 0.25) is 5.02 Å². The fourth-order valence-electron chi connectivity index (χ4n) is 2.53. The van der Waals surface area contributed by atoms with Gasteiger partial charge in [0.25, 0.3) is 5.91 Å². The van der Waals surface area contributed by atoms with Crippen LogP contribution in [0.25, 0.3) is 5.65 Å². The van der Waals surface area contributed by atoms with Gasteiger partial charge >= 0.3 is 12.1 Å². The van der Waals surface area contributed by atoms with Crippen LogP contribution in [0.3, 0.4) is 0 Å². The topological polar surface area (TPSA) is 83.7 Å². The van der Waals surface area contributed by atoms with Crippen LogP contribution in [0.15, 0.2) is 36.5 Å². The average Bonchev–Trinajstić information content (AvgIpc) is 2.91. The van der Waals surface area contributed by atoms with E-state index in [-0.39, 0.29) is 33.3 Å². The normalized spacial score (nSPS) is 11.6. The first kappa shape index (κ1) is 18.7. The fourth-order valence-corrected chi connectivity index (χ4v) is 2.78. The summed E-state index contributed by atoms with van der Waals surface area (Å²) in [6, 6.07) is 6.06. The van der Waals surface area contributed by atoms with Crippen LogP contribution >= 0.6 is 11.6 Å². The van der Waals surface area contributed by atoms with Crippen molar-refractivity contribution in [2.45, 2.75) is 13.1 Å². The maximum absolute atomic E-state index is 13.0. The molecule has 6 nitrogen and oxygen atoms in total. The molecule has 0 saturated heterocycles. The summed E-state index contributed by atoms with van der Waals surface area (Å²) in [7, 11) is 0. The molecule has 0 unspecified atom stereocenters. The van der Waals surface area contributed by atoms with Gasteiger partial charge in [-0.15, -0.1) is 0 Å². The zero-order valence-electron chi connectivity index (χ0n) is 13.6. The van der Waals surface area contributed by atoms with Crippen molar-refractivity contribution in [3.63, 3.8) is 0 Å². The van der Waals surface area contributed by atoms with Gasteiger partial charge in [-0.3, -0.25) is 9.20 Å². The molecule has 1 amide bonds. The third kappa shape index (κ3) is 3.59. The molecule has 0 radical (unpaired) electrons. The van der Waals surface area contributed by atoms with Crippen LogP contribution in [-0.2, 0) is 6.18 Å². The highest BCUT2D eigenvalue weighted by molar-refractivity contribution is 6.33. The number of nitrogens with zero attached hydrogens (tertiary/aromatic N) is 2. The number of carbonyl (C=O) groups excluding carboxylic acids is 1. The number of carboxylic acid groups (broad SMARTS) is 1. The van der Waals surface area contributed by atoms with Crippen LogP contribution < -0.4 is 5.32 Å². The van der Waals surface area contributed by atoms with E-state index < -0.39 is 23.6 Å². The maximum Gasteiger partial charge on any atom is 0.417 e. The molecule has 2 N–H and O–H groups in total. The van der Waals surface area contributed by atoms with Crippen LogP contribution in [0, 0.1) is 6.92 Å². The molecule has 3 aromatic rings. The number of carboxylic acids is 1. The molecule has 2 aromatic heterocycles. The van der Waals surface area contributed by atoms with Gasteiger partial charge in [-0.05, 0) is 37.3 Å². The van der Waals surface area contributed by atoms with Crippen LogP contribution in [0.1, 0.15) is 32.1 Å². The molecule has 0 saturated carbocycles. The highest BCUT2D eigenvalue weighted by atomic mass is 35.5. The number of amides is 1. The van der Waals surface area contributed by atoms with E-state index in [9.17, 15) is 22.8 Å². The van der Waals surface area contributed by atoms with Crippen molar-refractivity contribution in [3.05, 3.63) is 64.1 Å². The highest BCUT2D eigenvalue weighted by Gasteiger charge is 2.33. The average molecular weight is 398 g/mol. The number of rotatable bonds is 3. The molecule has 1 aromatic carbocycles. The summed E-state index contributed by atoms with van der Waals surface area (Å²) in [5.41, 5.74) is -0.611. The molecule has 0 fully saturated rings. The van der Waals surface area contributed by atoms with Gasteiger partial charge in [0, 0.05) is 11.9 Å². The van der Waals surface area contributed by atoms with E-state index in [1.165, 1.54) is 31.2 Å². The lowest BCUT2D eigenvalue weighted by Crippen LogP contribution is -2.16. The van der Waals surface area contributed by atoms with Crippen molar-refractivity contribution in [3.8, 4) is 0 Å². The molecular weight excluding hydrogens is 387 g/mol. The maximum atomic E-state index is 13.0. The van der Waals surface area contributed by atoms with Crippen molar-refractivity contribution < 1.29 is 27.9 Å². The molecule has 0 spiro atoms. The molecule has 10 heteroatoms. The van der Waals surface area contributed by atoms with Gasteiger partial charge in [0.1, 0.15) is 5.69 Å². The Morgan fingerprint density at radius 3 is 2.41 bits per heavy atom. The molecule has 27 heavy (non-hydrogen) atoms. The van der Waals surface area contributed by atoms with Gasteiger partial charge in [0.05, 0.1) is 21.8 Å². The van der Waals surface area contributed by atoms with Crippen LogP contribution in [-0.4, -0.2) is 26.4 Å². The molecule has 2 heterocycles. The number of hydrogen-bond acceptors (Lipinski definition) is 3. The largest absolute Gasteiger partial charge is 0.478 e.